The average Bonchev–Trinajstić information content (AvgIpc) is 2.79. The monoisotopic (exact) mass is 516 g/mol. The summed E-state index contributed by atoms with van der Waals surface area (Å²) in [4.78, 5) is 24.9. The normalized spacial score (nSPS) is 11.1. The van der Waals surface area contributed by atoms with E-state index in [0.717, 1.165) is 16.6 Å². The Hall–Kier alpha value is -3.56. The van der Waals surface area contributed by atoms with E-state index < -0.39 is 29.0 Å². The van der Waals surface area contributed by atoms with Crippen molar-refractivity contribution in [1.82, 2.24) is 10.6 Å². The van der Waals surface area contributed by atoms with Gasteiger partial charge < -0.3 is 20.5 Å². The number of amides is 2. The van der Waals surface area contributed by atoms with E-state index >= 15 is 0 Å². The summed E-state index contributed by atoms with van der Waals surface area (Å²) in [6, 6.07) is 16.5. The van der Waals surface area contributed by atoms with Gasteiger partial charge in [-0.1, -0.05) is 24.3 Å². The van der Waals surface area contributed by atoms with Gasteiger partial charge in [0.1, 0.15) is 28.8 Å². The van der Waals surface area contributed by atoms with Crippen molar-refractivity contribution in [1.29, 1.82) is 0 Å². The third-order valence-electron chi connectivity index (χ3n) is 4.32. The van der Waals surface area contributed by atoms with Crippen molar-refractivity contribution >= 4 is 33.8 Å². The van der Waals surface area contributed by atoms with Gasteiger partial charge in [0, 0.05) is 12.6 Å². The summed E-state index contributed by atoms with van der Waals surface area (Å²) in [7, 11) is 0. The molecule has 0 bridgehead atoms. The van der Waals surface area contributed by atoms with Crippen molar-refractivity contribution in [3.05, 3.63) is 99.7 Å². The Balaban J connectivity index is 1.82. The third-order valence-corrected chi connectivity index (χ3v) is 4.98. The quantitative estimate of drug-likeness (QED) is 0.387. The number of aliphatic hydroxyl groups is 1. The second-order valence-electron chi connectivity index (χ2n) is 6.72. The molecule has 0 aliphatic carbocycles. The lowest BCUT2D eigenvalue weighted by Gasteiger charge is -2.12. The van der Waals surface area contributed by atoms with Gasteiger partial charge in [-0.2, -0.15) is 0 Å². The van der Waals surface area contributed by atoms with Crippen LogP contribution in [-0.4, -0.2) is 30.1 Å². The molecule has 3 rings (SSSR count). The number of hydrogen-bond donors (Lipinski definition) is 3. The van der Waals surface area contributed by atoms with E-state index in [1.807, 2.05) is 18.2 Å². The molecule has 9 heteroatoms. The summed E-state index contributed by atoms with van der Waals surface area (Å²) < 4.78 is 33.7. The zero-order chi connectivity index (χ0) is 23.8. The lowest BCUT2D eigenvalue weighted by atomic mass is 10.1. The summed E-state index contributed by atoms with van der Waals surface area (Å²) in [5.41, 5.74) is -0.0606. The van der Waals surface area contributed by atoms with Crippen LogP contribution in [0.15, 0.2) is 76.9 Å². The first kappa shape index (κ1) is 24.1. The topological polar surface area (TPSA) is 87.7 Å². The van der Waals surface area contributed by atoms with Crippen molar-refractivity contribution in [2.75, 3.05) is 13.2 Å². The SMILES string of the molecule is O=C(NCCO)/C(=C/c1ccc(Oc2ccccc2Br)cc1)NC(=O)c1ccc(F)cc1F. The van der Waals surface area contributed by atoms with Gasteiger partial charge in [0.2, 0.25) is 0 Å². The minimum atomic E-state index is -1.06. The first-order valence-electron chi connectivity index (χ1n) is 9.77. The van der Waals surface area contributed by atoms with E-state index in [0.29, 0.717) is 23.1 Å². The minimum absolute atomic E-state index is 0.0459. The molecule has 33 heavy (non-hydrogen) atoms. The molecule has 0 unspecified atom stereocenters. The zero-order valence-corrected chi connectivity index (χ0v) is 18.7. The van der Waals surface area contributed by atoms with E-state index in [9.17, 15) is 18.4 Å². The minimum Gasteiger partial charge on any atom is -0.456 e. The van der Waals surface area contributed by atoms with Gasteiger partial charge in [-0.25, -0.2) is 8.78 Å². The van der Waals surface area contributed by atoms with Crippen LogP contribution in [0, 0.1) is 11.6 Å². The molecule has 0 saturated heterocycles. The van der Waals surface area contributed by atoms with Crippen LogP contribution in [0.5, 0.6) is 11.5 Å². The van der Waals surface area contributed by atoms with Gasteiger partial charge in [-0.3, -0.25) is 9.59 Å². The van der Waals surface area contributed by atoms with E-state index in [2.05, 4.69) is 26.6 Å². The number of ether oxygens (including phenoxy) is 1. The lowest BCUT2D eigenvalue weighted by Crippen LogP contribution is -2.36. The first-order chi connectivity index (χ1) is 15.9. The predicted octanol–water partition coefficient (Wildman–Crippen LogP) is 4.40. The fraction of sp³-hybridized carbons (Fsp3) is 0.0833. The predicted molar refractivity (Wildman–Crippen MR) is 123 cm³/mol. The number of aliphatic hydroxyl groups excluding tert-OH is 1. The summed E-state index contributed by atoms with van der Waals surface area (Å²) in [6.07, 6.45) is 1.38. The third kappa shape index (κ3) is 6.71. The maximum absolute atomic E-state index is 14.0. The number of benzene rings is 3. The highest BCUT2D eigenvalue weighted by Gasteiger charge is 2.17. The Morgan fingerprint density at radius 2 is 1.76 bits per heavy atom. The molecular formula is C24H19BrF2N2O4. The maximum atomic E-state index is 14.0. The molecule has 0 radical (unpaired) electrons. The van der Waals surface area contributed by atoms with Crippen LogP contribution >= 0.6 is 15.9 Å². The molecule has 6 nitrogen and oxygen atoms in total. The lowest BCUT2D eigenvalue weighted by molar-refractivity contribution is -0.117. The van der Waals surface area contributed by atoms with Gasteiger partial charge in [-0.05, 0) is 64.0 Å². The van der Waals surface area contributed by atoms with Gasteiger partial charge in [-0.15, -0.1) is 0 Å². The molecule has 3 aromatic carbocycles. The molecule has 0 saturated carbocycles. The fourth-order valence-corrected chi connectivity index (χ4v) is 3.11. The highest BCUT2D eigenvalue weighted by molar-refractivity contribution is 9.10. The number of halogens is 3. The van der Waals surface area contributed by atoms with Crippen molar-refractivity contribution in [2.45, 2.75) is 0 Å². The van der Waals surface area contributed by atoms with Crippen LogP contribution in [0.3, 0.4) is 0 Å². The molecule has 0 fully saturated rings. The Morgan fingerprint density at radius 3 is 2.42 bits per heavy atom. The molecule has 0 atom stereocenters. The average molecular weight is 517 g/mol. The highest BCUT2D eigenvalue weighted by Crippen LogP contribution is 2.29. The van der Waals surface area contributed by atoms with E-state index in [1.54, 1.807) is 30.3 Å². The van der Waals surface area contributed by atoms with Gasteiger partial charge in [0.05, 0.1) is 16.6 Å². The van der Waals surface area contributed by atoms with Crippen LogP contribution in [-0.2, 0) is 4.79 Å². The number of carbonyl (C=O) groups excluding carboxylic acids is 2. The number of hydrogen-bond acceptors (Lipinski definition) is 4. The Morgan fingerprint density at radius 1 is 1.03 bits per heavy atom. The smallest absolute Gasteiger partial charge is 0.267 e. The van der Waals surface area contributed by atoms with Crippen molar-refractivity contribution in [3.8, 4) is 11.5 Å². The highest BCUT2D eigenvalue weighted by atomic mass is 79.9. The van der Waals surface area contributed by atoms with E-state index in [4.69, 9.17) is 9.84 Å². The van der Waals surface area contributed by atoms with Crippen LogP contribution in [0.4, 0.5) is 8.78 Å². The van der Waals surface area contributed by atoms with Crippen molar-refractivity contribution in [3.63, 3.8) is 0 Å². The van der Waals surface area contributed by atoms with Crippen molar-refractivity contribution < 1.29 is 28.2 Å². The van der Waals surface area contributed by atoms with Gasteiger partial charge in [0.25, 0.3) is 11.8 Å². The molecule has 3 aromatic rings. The molecular weight excluding hydrogens is 498 g/mol. The number of nitrogens with one attached hydrogen (secondary N) is 2. The second kappa shape index (κ2) is 11.3. The molecule has 0 aliphatic heterocycles. The Labute approximate surface area is 197 Å². The second-order valence-corrected chi connectivity index (χ2v) is 7.57. The number of rotatable bonds is 8. The molecule has 3 N–H and O–H groups in total. The summed E-state index contributed by atoms with van der Waals surface area (Å²) in [5, 5.41) is 13.7. The fourth-order valence-electron chi connectivity index (χ4n) is 2.74. The van der Waals surface area contributed by atoms with Crippen molar-refractivity contribution in [2.24, 2.45) is 0 Å². The molecule has 0 aromatic heterocycles. The zero-order valence-electron chi connectivity index (χ0n) is 17.1. The molecule has 0 aliphatic rings. The van der Waals surface area contributed by atoms with Gasteiger partial charge >= 0.3 is 0 Å². The summed E-state index contributed by atoms with van der Waals surface area (Å²) in [6.45, 7) is -0.351. The van der Waals surface area contributed by atoms with E-state index in [1.165, 1.54) is 6.08 Å². The molecule has 0 spiro atoms. The molecule has 0 heterocycles. The maximum Gasteiger partial charge on any atom is 0.267 e. The number of carbonyl (C=O) groups is 2. The summed E-state index contributed by atoms with van der Waals surface area (Å²) in [5.74, 6) is -2.33. The standard InChI is InChI=1S/C24H19BrF2N2O4/c25-19-3-1-2-4-22(19)33-17-8-5-15(6-9-17)13-21(24(32)28-11-12-30)29-23(31)18-10-7-16(26)14-20(18)27/h1-10,13-14,30H,11-12H2,(H,28,32)(H,29,31)/b21-13-. The molecule has 170 valence electrons. The van der Waals surface area contributed by atoms with Crippen LogP contribution in [0.1, 0.15) is 15.9 Å². The first-order valence-corrected chi connectivity index (χ1v) is 10.6. The van der Waals surface area contributed by atoms with Crippen LogP contribution in [0.25, 0.3) is 6.08 Å². The van der Waals surface area contributed by atoms with E-state index in [-0.39, 0.29) is 18.8 Å². The molecule has 2 amide bonds. The summed E-state index contributed by atoms with van der Waals surface area (Å²) >= 11 is 3.40. The Kier molecular flexibility index (Phi) is 8.28. The van der Waals surface area contributed by atoms with Crippen LogP contribution < -0.4 is 15.4 Å². The Bertz CT molecular complexity index is 1180. The van der Waals surface area contributed by atoms with Gasteiger partial charge in [0.15, 0.2) is 0 Å². The van der Waals surface area contributed by atoms with Crippen LogP contribution in [0.2, 0.25) is 0 Å². The largest absolute Gasteiger partial charge is 0.456 e. The number of para-hydroxylation sites is 1.